The van der Waals surface area contributed by atoms with Crippen LogP contribution in [0, 0.1) is 23.2 Å². The second-order valence-corrected chi connectivity index (χ2v) is 14.4. The van der Waals surface area contributed by atoms with Crippen LogP contribution < -0.4 is 11.1 Å². The number of amides is 1. The topological polar surface area (TPSA) is 106 Å². The zero-order chi connectivity index (χ0) is 28.7. The van der Waals surface area contributed by atoms with Gasteiger partial charge in [0.2, 0.25) is 5.91 Å². The lowest BCUT2D eigenvalue weighted by molar-refractivity contribution is -0.155. The summed E-state index contributed by atoms with van der Waals surface area (Å²) in [4.78, 5) is 17.0. The van der Waals surface area contributed by atoms with Crippen LogP contribution in [0.2, 0.25) is 0 Å². The number of nitrogens with one attached hydrogen (secondary N) is 1. The van der Waals surface area contributed by atoms with Gasteiger partial charge in [0.25, 0.3) is 0 Å². The van der Waals surface area contributed by atoms with E-state index in [1.807, 2.05) is 0 Å². The number of ether oxygens (including phenoxy) is 2. The van der Waals surface area contributed by atoms with E-state index >= 15 is 0 Å². The number of aliphatic hydroxyl groups is 1. The molecular weight excluding hydrogens is 526 g/mol. The van der Waals surface area contributed by atoms with Crippen molar-refractivity contribution < 1.29 is 19.4 Å². The number of primary amides is 1. The lowest BCUT2D eigenvalue weighted by Gasteiger charge is -2.58. The van der Waals surface area contributed by atoms with E-state index in [0.29, 0.717) is 24.9 Å². The number of rotatable bonds is 8. The molecule has 2 fully saturated rings. The zero-order valence-corrected chi connectivity index (χ0v) is 25.7. The molecule has 0 aromatic rings. The minimum absolute atomic E-state index is 0.00626. The quantitative estimate of drug-likeness (QED) is 0.336. The predicted molar refractivity (Wildman–Crippen MR) is 159 cm³/mol. The molecule has 4 N–H and O–H groups in total. The third-order valence-electron chi connectivity index (χ3n) is 10.8. The van der Waals surface area contributed by atoms with Gasteiger partial charge in [0.05, 0.1) is 24.4 Å². The maximum atomic E-state index is 12.0. The van der Waals surface area contributed by atoms with Gasteiger partial charge in [-0.25, -0.2) is 0 Å². The molecule has 3 unspecified atom stereocenters. The Morgan fingerprint density at radius 1 is 1.30 bits per heavy atom. The Morgan fingerprint density at radius 2 is 2.10 bits per heavy atom. The number of hydrogen-bond donors (Lipinski definition) is 3. The molecule has 1 amide bonds. The summed E-state index contributed by atoms with van der Waals surface area (Å²) in [5, 5.41) is 16.2. The van der Waals surface area contributed by atoms with Crippen molar-refractivity contribution in [3.05, 3.63) is 22.4 Å². The number of carbonyl (C=O) groups is 1. The first kappa shape index (κ1) is 30.1. The van der Waals surface area contributed by atoms with E-state index in [0.717, 1.165) is 88.0 Å². The smallest absolute Gasteiger partial charge is 0.249 e. The molecule has 0 spiro atoms. The molecule has 6 atom stereocenters. The highest BCUT2D eigenvalue weighted by molar-refractivity contribution is 6.29. The summed E-state index contributed by atoms with van der Waals surface area (Å²) >= 11 is 6.20. The Bertz CT molecular complexity index is 1070. The van der Waals surface area contributed by atoms with Gasteiger partial charge in [-0.2, -0.15) is 0 Å². The first-order chi connectivity index (χ1) is 18.9. The van der Waals surface area contributed by atoms with E-state index in [4.69, 9.17) is 31.8 Å². The summed E-state index contributed by atoms with van der Waals surface area (Å²) in [5.41, 5.74) is 7.62. The predicted octanol–water partition coefficient (Wildman–Crippen LogP) is 5.39. The minimum Gasteiger partial charge on any atom is -0.388 e. The van der Waals surface area contributed by atoms with Crippen molar-refractivity contribution in [2.75, 3.05) is 19.7 Å². The fraction of sp³-hybridized carbons (Fsp3) is 0.812. The minimum atomic E-state index is -0.969. The van der Waals surface area contributed by atoms with Crippen LogP contribution in [0.1, 0.15) is 98.3 Å². The number of hydrogen-bond acceptors (Lipinski definition) is 6. The zero-order valence-electron chi connectivity index (χ0n) is 24.9. The standard InChI is InChI=1S/C32H50ClN3O4/c1-30(2)28(18-32(30,38)20-9-11-21(33)12-10-20)36-16-5-7-23-24-8-6-15-35-26(24)19-39-27-14-13-22(17-25(23)27)40-31(3,4)29(34)37/h11,20,22-23,25,27,35,38H,5-10,12-19H2,1-4H3,(H2,34,37)/b36-28+/t20-,22+,23?,25-,27?,32?/m1/s1. The van der Waals surface area contributed by atoms with Crippen molar-refractivity contribution in [2.45, 2.75) is 122 Å². The Morgan fingerprint density at radius 3 is 2.80 bits per heavy atom. The lowest BCUT2D eigenvalue weighted by atomic mass is 9.51. The van der Waals surface area contributed by atoms with Gasteiger partial charge in [-0.1, -0.05) is 31.5 Å². The van der Waals surface area contributed by atoms with Gasteiger partial charge in [0, 0.05) is 41.4 Å². The molecule has 0 aromatic carbocycles. The summed E-state index contributed by atoms with van der Waals surface area (Å²) in [6.07, 6.45) is 12.7. The first-order valence-electron chi connectivity index (χ1n) is 15.6. The normalized spacial score (nSPS) is 37.0. The van der Waals surface area contributed by atoms with Crippen molar-refractivity contribution in [3.63, 3.8) is 0 Å². The molecule has 40 heavy (non-hydrogen) atoms. The van der Waals surface area contributed by atoms with Crippen molar-refractivity contribution in [1.82, 2.24) is 5.32 Å². The maximum Gasteiger partial charge on any atom is 0.249 e. The van der Waals surface area contributed by atoms with Crippen LogP contribution in [0.5, 0.6) is 0 Å². The molecule has 8 heteroatoms. The fourth-order valence-corrected chi connectivity index (χ4v) is 8.23. The number of nitrogens with two attached hydrogens (primary N) is 1. The molecule has 5 rings (SSSR count). The molecular formula is C32H50ClN3O4. The lowest BCUT2D eigenvalue weighted by Crippen LogP contribution is -2.65. The molecule has 0 saturated heterocycles. The SMILES string of the molecule is CC(C)(O[C@H]1CCC2OCC3=C(CCCN3)C(CCC/N=C3\CC(O)([C@@H]4CC=C(Cl)CC4)C3(C)C)[C@H]2C1)C(N)=O. The van der Waals surface area contributed by atoms with Gasteiger partial charge < -0.3 is 25.6 Å². The molecule has 2 heterocycles. The van der Waals surface area contributed by atoms with E-state index < -0.39 is 17.1 Å². The highest BCUT2D eigenvalue weighted by Crippen LogP contribution is 2.55. The summed E-state index contributed by atoms with van der Waals surface area (Å²) in [6.45, 7) is 10.3. The van der Waals surface area contributed by atoms with Crippen LogP contribution in [0.15, 0.2) is 27.4 Å². The molecule has 7 nitrogen and oxygen atoms in total. The molecule has 224 valence electrons. The highest BCUT2D eigenvalue weighted by atomic mass is 35.5. The van der Waals surface area contributed by atoms with Gasteiger partial charge in [0.1, 0.15) is 5.60 Å². The van der Waals surface area contributed by atoms with Gasteiger partial charge >= 0.3 is 0 Å². The van der Waals surface area contributed by atoms with Crippen LogP contribution in [-0.4, -0.2) is 59.8 Å². The third-order valence-corrected chi connectivity index (χ3v) is 11.2. The van der Waals surface area contributed by atoms with E-state index in [2.05, 4.69) is 25.2 Å². The largest absolute Gasteiger partial charge is 0.388 e. The number of halogens is 1. The average molecular weight is 576 g/mol. The number of carbonyl (C=O) groups excluding carboxylic acids is 1. The van der Waals surface area contributed by atoms with Gasteiger partial charge in [-0.3, -0.25) is 9.79 Å². The molecule has 0 radical (unpaired) electrons. The number of aliphatic imine (C=N–C) groups is 1. The molecule has 0 bridgehead atoms. The summed E-state index contributed by atoms with van der Waals surface area (Å²) < 4.78 is 12.8. The molecule has 3 aliphatic carbocycles. The second kappa shape index (κ2) is 11.7. The Hall–Kier alpha value is -1.41. The van der Waals surface area contributed by atoms with Crippen LogP contribution in [0.4, 0.5) is 0 Å². The Kier molecular flexibility index (Phi) is 8.79. The van der Waals surface area contributed by atoms with Crippen molar-refractivity contribution in [1.29, 1.82) is 0 Å². The summed E-state index contributed by atoms with van der Waals surface area (Å²) in [7, 11) is 0. The van der Waals surface area contributed by atoms with Crippen molar-refractivity contribution in [3.8, 4) is 0 Å². The van der Waals surface area contributed by atoms with E-state index in [9.17, 15) is 9.90 Å². The van der Waals surface area contributed by atoms with Crippen LogP contribution in [0.25, 0.3) is 0 Å². The van der Waals surface area contributed by atoms with E-state index in [-0.39, 0.29) is 23.5 Å². The van der Waals surface area contributed by atoms with Gasteiger partial charge in [-0.15, -0.1) is 0 Å². The average Bonchev–Trinajstić information content (AvgIpc) is 3.07. The van der Waals surface area contributed by atoms with Crippen LogP contribution in [0.3, 0.4) is 0 Å². The molecule has 5 aliphatic rings. The number of nitrogens with zero attached hydrogens (tertiary/aromatic N) is 1. The second-order valence-electron chi connectivity index (χ2n) is 13.9. The maximum absolute atomic E-state index is 12.0. The first-order valence-corrected chi connectivity index (χ1v) is 16.0. The third kappa shape index (κ3) is 5.77. The molecule has 0 aromatic heterocycles. The van der Waals surface area contributed by atoms with Crippen molar-refractivity contribution in [2.24, 2.45) is 33.9 Å². The summed E-state index contributed by atoms with van der Waals surface area (Å²) in [5.74, 6) is 0.609. The van der Waals surface area contributed by atoms with Gasteiger partial charge in [0.15, 0.2) is 0 Å². The van der Waals surface area contributed by atoms with Crippen LogP contribution >= 0.6 is 11.6 Å². The van der Waals surface area contributed by atoms with E-state index in [1.165, 1.54) is 11.3 Å². The number of fused-ring (bicyclic) bond motifs is 1. The summed E-state index contributed by atoms with van der Waals surface area (Å²) in [6, 6.07) is 0. The van der Waals surface area contributed by atoms with E-state index in [1.54, 1.807) is 13.8 Å². The van der Waals surface area contributed by atoms with Gasteiger partial charge in [-0.05, 0) is 101 Å². The highest BCUT2D eigenvalue weighted by Gasteiger charge is 2.60. The number of allylic oxidation sites excluding steroid dienone is 3. The molecule has 2 aliphatic heterocycles. The fourth-order valence-electron chi connectivity index (χ4n) is 8.03. The Labute approximate surface area is 245 Å². The Balaban J connectivity index is 1.25. The monoisotopic (exact) mass is 575 g/mol. The molecule has 2 saturated carbocycles. The van der Waals surface area contributed by atoms with Crippen molar-refractivity contribution >= 4 is 23.2 Å². The van der Waals surface area contributed by atoms with Crippen LogP contribution in [-0.2, 0) is 14.3 Å².